The second kappa shape index (κ2) is 9.64. The average molecular weight is 490 g/mol. The molecular weight excluding hydrogens is 472 g/mol. The number of hydrogen-bond donors (Lipinski definition) is 1. The van der Waals surface area contributed by atoms with Gasteiger partial charge in [0, 0.05) is 25.7 Å². The van der Waals surface area contributed by atoms with Crippen molar-refractivity contribution in [2.24, 2.45) is 0 Å². The molecular formula is C19H18N6O10. The van der Waals surface area contributed by atoms with Crippen molar-refractivity contribution in [3.8, 4) is 11.1 Å². The van der Waals surface area contributed by atoms with Crippen LogP contribution >= 0.6 is 0 Å². The molecule has 0 heterocycles. The second-order valence-corrected chi connectivity index (χ2v) is 7.52. The third kappa shape index (κ3) is 4.67. The molecule has 2 aromatic carbocycles. The number of hydrogen-bond acceptors (Lipinski definition) is 11. The van der Waals surface area contributed by atoms with Gasteiger partial charge in [-0.15, -0.1) is 0 Å². The summed E-state index contributed by atoms with van der Waals surface area (Å²) in [5, 5.41) is 49.4. The molecule has 1 aliphatic rings. The van der Waals surface area contributed by atoms with Gasteiger partial charge in [-0.3, -0.25) is 40.5 Å². The van der Waals surface area contributed by atoms with Crippen molar-refractivity contribution in [3.05, 3.63) is 75.8 Å². The molecule has 0 bridgehead atoms. The number of amides is 1. The second-order valence-electron chi connectivity index (χ2n) is 7.52. The summed E-state index contributed by atoms with van der Waals surface area (Å²) < 4.78 is 4.59. The van der Waals surface area contributed by atoms with Crippen LogP contribution in [-0.4, -0.2) is 57.9 Å². The first-order valence-corrected chi connectivity index (χ1v) is 9.94. The van der Waals surface area contributed by atoms with E-state index in [1.165, 1.54) is 19.1 Å². The minimum Gasteiger partial charge on any atom is -0.453 e. The van der Waals surface area contributed by atoms with Crippen molar-refractivity contribution in [2.75, 3.05) is 27.2 Å². The maximum absolute atomic E-state index is 11.8. The van der Waals surface area contributed by atoms with Gasteiger partial charge in [0.2, 0.25) is 0 Å². The lowest BCUT2D eigenvalue weighted by Gasteiger charge is -2.18. The van der Waals surface area contributed by atoms with Gasteiger partial charge in [0.25, 0.3) is 22.7 Å². The number of methoxy groups -OCH3 is 1. The Morgan fingerprint density at radius 3 is 1.71 bits per heavy atom. The van der Waals surface area contributed by atoms with Crippen LogP contribution in [0.2, 0.25) is 0 Å². The van der Waals surface area contributed by atoms with Gasteiger partial charge in [-0.25, -0.2) is 4.79 Å². The maximum Gasteiger partial charge on any atom is 0.409 e. The first-order chi connectivity index (χ1) is 16.5. The zero-order valence-electron chi connectivity index (χ0n) is 18.3. The molecule has 1 amide bonds. The van der Waals surface area contributed by atoms with E-state index < -0.39 is 54.6 Å². The van der Waals surface area contributed by atoms with Gasteiger partial charge < -0.3 is 15.0 Å². The zero-order chi connectivity index (χ0) is 26.0. The van der Waals surface area contributed by atoms with Gasteiger partial charge in [-0.1, -0.05) is 0 Å². The van der Waals surface area contributed by atoms with Crippen LogP contribution in [-0.2, 0) is 4.74 Å². The lowest BCUT2D eigenvalue weighted by Crippen LogP contribution is -2.30. The van der Waals surface area contributed by atoms with Gasteiger partial charge in [0.05, 0.1) is 56.1 Å². The van der Waals surface area contributed by atoms with Gasteiger partial charge >= 0.3 is 6.09 Å². The summed E-state index contributed by atoms with van der Waals surface area (Å²) in [5.74, 6) is 0. The van der Waals surface area contributed by atoms with E-state index in [1.54, 1.807) is 0 Å². The molecule has 1 aliphatic carbocycles. The lowest BCUT2D eigenvalue weighted by atomic mass is 10.0. The van der Waals surface area contributed by atoms with Crippen molar-refractivity contribution in [1.82, 2.24) is 10.2 Å². The highest BCUT2D eigenvalue weighted by Gasteiger charge is 2.42. The molecule has 3 rings (SSSR count). The van der Waals surface area contributed by atoms with Crippen LogP contribution in [0.5, 0.6) is 0 Å². The summed E-state index contributed by atoms with van der Waals surface area (Å²) in [4.78, 5) is 55.7. The first-order valence-electron chi connectivity index (χ1n) is 9.94. The Labute approximate surface area is 195 Å². The number of carbonyl (C=O) groups excluding carboxylic acids is 1. The molecule has 0 aliphatic heterocycles. The van der Waals surface area contributed by atoms with E-state index in [1.807, 2.05) is 0 Å². The quantitative estimate of drug-likeness (QED) is 0.306. The third-order valence-corrected chi connectivity index (χ3v) is 5.46. The smallest absolute Gasteiger partial charge is 0.409 e. The van der Waals surface area contributed by atoms with Crippen molar-refractivity contribution < 1.29 is 29.2 Å². The van der Waals surface area contributed by atoms with Crippen molar-refractivity contribution in [1.29, 1.82) is 0 Å². The summed E-state index contributed by atoms with van der Waals surface area (Å²) in [7, 11) is 2.70. The monoisotopic (exact) mass is 490 g/mol. The molecule has 0 aromatic heterocycles. The molecule has 184 valence electrons. The number of carbonyl (C=O) groups is 1. The van der Waals surface area contributed by atoms with E-state index in [4.69, 9.17) is 0 Å². The van der Waals surface area contributed by atoms with Gasteiger partial charge in [-0.2, -0.15) is 0 Å². The van der Waals surface area contributed by atoms with Crippen molar-refractivity contribution >= 4 is 28.8 Å². The number of nitrogens with one attached hydrogen (secondary N) is 1. The highest BCUT2D eigenvalue weighted by Crippen LogP contribution is 2.53. The number of ether oxygens (including phenoxy) is 1. The largest absolute Gasteiger partial charge is 0.453 e. The van der Waals surface area contributed by atoms with E-state index in [9.17, 15) is 45.3 Å². The van der Waals surface area contributed by atoms with Crippen LogP contribution < -0.4 is 5.32 Å². The fourth-order valence-electron chi connectivity index (χ4n) is 3.96. The number of nitro groups is 4. The van der Waals surface area contributed by atoms with Crippen molar-refractivity contribution in [2.45, 2.75) is 12.5 Å². The lowest BCUT2D eigenvalue weighted by molar-refractivity contribution is -0.395. The Morgan fingerprint density at radius 1 is 0.886 bits per heavy atom. The van der Waals surface area contributed by atoms with Gasteiger partial charge in [0.1, 0.15) is 0 Å². The Balaban J connectivity index is 2.16. The molecule has 0 fully saturated rings. The maximum atomic E-state index is 11.8. The van der Waals surface area contributed by atoms with Gasteiger partial charge in [-0.05, 0) is 24.1 Å². The number of non-ortho nitro benzene ring substituents is 2. The highest BCUT2D eigenvalue weighted by molar-refractivity contribution is 5.92. The van der Waals surface area contributed by atoms with Gasteiger partial charge in [0.15, 0.2) is 0 Å². The zero-order valence-corrected chi connectivity index (χ0v) is 18.3. The number of benzene rings is 2. The Bertz CT molecular complexity index is 1180. The SMILES string of the molecule is COC(=O)N(C)CCCNC1c2cc([N+](=O)[O-])cc([N+](=O)[O-])c2-c2c1cc([N+](=O)[O-])cc2[N+](=O)[O-]. The summed E-state index contributed by atoms with van der Waals surface area (Å²) in [6.07, 6.45) is -0.250. The number of rotatable bonds is 9. The molecule has 0 saturated heterocycles. The predicted molar refractivity (Wildman–Crippen MR) is 118 cm³/mol. The normalized spacial score (nSPS) is 11.9. The minimum atomic E-state index is -1.05. The third-order valence-electron chi connectivity index (χ3n) is 5.46. The van der Waals surface area contributed by atoms with Crippen LogP contribution in [0.25, 0.3) is 11.1 Å². The molecule has 0 unspecified atom stereocenters. The van der Waals surface area contributed by atoms with E-state index in [-0.39, 0.29) is 35.3 Å². The van der Waals surface area contributed by atoms with Crippen molar-refractivity contribution in [3.63, 3.8) is 0 Å². The summed E-state index contributed by atoms with van der Waals surface area (Å²) in [6, 6.07) is 2.44. The standard InChI is InChI=1S/C19H18N6O10/c1-21(19(26)35-2)5-3-4-20-18-12-6-10(22(27)28)8-14(24(31)32)16(12)17-13(18)7-11(23(29)30)9-15(17)25(33)34/h6-9,18,20H,3-5H2,1-2H3. The van der Waals surface area contributed by atoms with Crippen LogP contribution in [0.4, 0.5) is 27.5 Å². The molecule has 16 nitrogen and oxygen atoms in total. The Morgan fingerprint density at radius 2 is 1.34 bits per heavy atom. The fourth-order valence-corrected chi connectivity index (χ4v) is 3.96. The van der Waals surface area contributed by atoms with E-state index in [0.717, 1.165) is 12.1 Å². The number of nitrogens with zero attached hydrogens (tertiary/aromatic N) is 5. The molecule has 0 saturated carbocycles. The number of nitro benzene ring substituents is 4. The highest BCUT2D eigenvalue weighted by atomic mass is 16.6. The molecule has 35 heavy (non-hydrogen) atoms. The first kappa shape index (κ1) is 24.9. The fraction of sp³-hybridized carbons (Fsp3) is 0.316. The van der Waals surface area contributed by atoms with Crippen LogP contribution in [0, 0.1) is 40.5 Å². The molecule has 0 atom stereocenters. The van der Waals surface area contributed by atoms with E-state index in [2.05, 4.69) is 10.1 Å². The van der Waals surface area contributed by atoms with E-state index >= 15 is 0 Å². The number of fused-ring (bicyclic) bond motifs is 3. The summed E-state index contributed by atoms with van der Waals surface area (Å²) in [5.41, 5.74) is -3.13. The molecule has 2 aromatic rings. The summed E-state index contributed by atoms with van der Waals surface area (Å²) >= 11 is 0. The minimum absolute atomic E-state index is 0.00539. The van der Waals surface area contributed by atoms with Crippen LogP contribution in [0.3, 0.4) is 0 Å². The summed E-state index contributed by atoms with van der Waals surface area (Å²) in [6.45, 7) is 0.383. The van der Waals surface area contributed by atoms with E-state index in [0.29, 0.717) is 18.6 Å². The molecule has 16 heteroatoms. The average Bonchev–Trinajstić information content (AvgIpc) is 3.12. The van der Waals surface area contributed by atoms with Crippen LogP contribution in [0.1, 0.15) is 23.6 Å². The topological polar surface area (TPSA) is 214 Å². The molecule has 1 N–H and O–H groups in total. The van der Waals surface area contributed by atoms with Crippen LogP contribution in [0.15, 0.2) is 24.3 Å². The predicted octanol–water partition coefficient (Wildman–Crippen LogP) is 3.07. The Hall–Kier alpha value is -4.73. The molecule has 0 radical (unpaired) electrons. The molecule has 0 spiro atoms. The Kier molecular flexibility index (Phi) is 6.86.